The Bertz CT molecular complexity index is 417. The van der Waals surface area contributed by atoms with Crippen LogP contribution in [0.15, 0.2) is 24.3 Å². The van der Waals surface area contributed by atoms with E-state index in [-0.39, 0.29) is 11.8 Å². The smallest absolute Gasteiger partial charge is 0.223 e. The zero-order valence-corrected chi connectivity index (χ0v) is 11.2. The van der Waals surface area contributed by atoms with Crippen molar-refractivity contribution in [3.05, 3.63) is 35.4 Å². The Balaban J connectivity index is 1.84. The van der Waals surface area contributed by atoms with Gasteiger partial charge in [0.2, 0.25) is 5.91 Å². The van der Waals surface area contributed by atoms with Crippen LogP contribution >= 0.6 is 0 Å². The fourth-order valence-corrected chi connectivity index (χ4v) is 2.53. The molecule has 3 heteroatoms. The Morgan fingerprint density at radius 2 is 2.33 bits per heavy atom. The number of rotatable bonds is 3. The minimum Gasteiger partial charge on any atom is -0.352 e. The molecule has 1 aliphatic rings. The topological polar surface area (TPSA) is 41.1 Å². The fraction of sp³-hybridized carbons (Fsp3) is 0.533. The second-order valence-corrected chi connectivity index (χ2v) is 5.28. The van der Waals surface area contributed by atoms with Crippen LogP contribution in [0.5, 0.6) is 0 Å². The lowest BCUT2D eigenvalue weighted by molar-refractivity contribution is -0.126. The molecule has 2 rings (SSSR count). The summed E-state index contributed by atoms with van der Waals surface area (Å²) in [6.45, 7) is 5.79. The Labute approximate surface area is 109 Å². The second-order valence-electron chi connectivity index (χ2n) is 5.28. The highest BCUT2D eigenvalue weighted by atomic mass is 16.1. The van der Waals surface area contributed by atoms with E-state index in [1.165, 1.54) is 11.1 Å². The number of hydrogen-bond donors (Lipinski definition) is 2. The summed E-state index contributed by atoms with van der Waals surface area (Å²) in [7, 11) is 0. The first-order chi connectivity index (χ1) is 8.65. The third kappa shape index (κ3) is 3.57. The van der Waals surface area contributed by atoms with Gasteiger partial charge in [-0.2, -0.15) is 0 Å². The van der Waals surface area contributed by atoms with E-state index in [4.69, 9.17) is 0 Å². The van der Waals surface area contributed by atoms with E-state index in [0.29, 0.717) is 12.6 Å². The molecule has 2 N–H and O–H groups in total. The molecule has 1 aliphatic heterocycles. The van der Waals surface area contributed by atoms with Crippen molar-refractivity contribution in [3.63, 3.8) is 0 Å². The van der Waals surface area contributed by atoms with E-state index in [1.807, 2.05) is 6.07 Å². The Morgan fingerprint density at radius 1 is 1.50 bits per heavy atom. The maximum Gasteiger partial charge on any atom is 0.223 e. The van der Waals surface area contributed by atoms with Gasteiger partial charge in [-0.1, -0.05) is 29.8 Å². The van der Waals surface area contributed by atoms with Gasteiger partial charge in [-0.05, 0) is 38.8 Å². The molecule has 2 atom stereocenters. The number of nitrogens with one attached hydrogen (secondary N) is 2. The predicted octanol–water partition coefficient (Wildman–Crippen LogP) is 2.00. The van der Waals surface area contributed by atoms with Gasteiger partial charge in [0.25, 0.3) is 0 Å². The third-order valence-corrected chi connectivity index (χ3v) is 3.54. The highest BCUT2D eigenvalue weighted by Gasteiger charge is 2.24. The van der Waals surface area contributed by atoms with Gasteiger partial charge in [0.15, 0.2) is 0 Å². The molecule has 0 bridgehead atoms. The molecule has 0 aromatic heterocycles. The van der Waals surface area contributed by atoms with Crippen molar-refractivity contribution in [2.75, 3.05) is 6.54 Å². The molecular weight excluding hydrogens is 224 g/mol. The van der Waals surface area contributed by atoms with Crippen LogP contribution in [0.4, 0.5) is 0 Å². The molecule has 1 amide bonds. The first kappa shape index (κ1) is 13.1. The van der Waals surface area contributed by atoms with Crippen molar-refractivity contribution in [2.45, 2.75) is 39.3 Å². The minimum absolute atomic E-state index is 0.172. The zero-order chi connectivity index (χ0) is 13.0. The van der Waals surface area contributed by atoms with Crippen molar-refractivity contribution in [2.24, 2.45) is 5.92 Å². The van der Waals surface area contributed by atoms with Gasteiger partial charge in [0, 0.05) is 18.5 Å². The molecule has 18 heavy (non-hydrogen) atoms. The predicted molar refractivity (Wildman–Crippen MR) is 73.2 cm³/mol. The molecule has 1 heterocycles. The quantitative estimate of drug-likeness (QED) is 0.856. The van der Waals surface area contributed by atoms with Crippen molar-refractivity contribution in [3.8, 4) is 0 Å². The van der Waals surface area contributed by atoms with Crippen molar-refractivity contribution in [1.82, 2.24) is 10.6 Å². The second kappa shape index (κ2) is 6.01. The summed E-state index contributed by atoms with van der Waals surface area (Å²) in [5, 5.41) is 6.42. The monoisotopic (exact) mass is 246 g/mol. The number of hydrogen-bond acceptors (Lipinski definition) is 2. The summed E-state index contributed by atoms with van der Waals surface area (Å²) in [5.74, 6) is 0.371. The van der Waals surface area contributed by atoms with Crippen molar-refractivity contribution in [1.29, 1.82) is 0 Å². The van der Waals surface area contributed by atoms with E-state index in [9.17, 15) is 4.79 Å². The SMILES string of the molecule is Cc1cccc(CNC(=O)[C@H]2CCN[C@@H](C)C2)c1. The van der Waals surface area contributed by atoms with E-state index in [1.54, 1.807) is 0 Å². The zero-order valence-electron chi connectivity index (χ0n) is 11.2. The molecule has 0 spiro atoms. The third-order valence-electron chi connectivity index (χ3n) is 3.54. The van der Waals surface area contributed by atoms with Crippen LogP contribution in [-0.4, -0.2) is 18.5 Å². The maximum atomic E-state index is 12.1. The van der Waals surface area contributed by atoms with Crippen LogP contribution in [0.1, 0.15) is 30.9 Å². The van der Waals surface area contributed by atoms with Crippen LogP contribution < -0.4 is 10.6 Å². The van der Waals surface area contributed by atoms with Gasteiger partial charge >= 0.3 is 0 Å². The fourth-order valence-electron chi connectivity index (χ4n) is 2.53. The first-order valence-electron chi connectivity index (χ1n) is 6.72. The number of carbonyl (C=O) groups excluding carboxylic acids is 1. The average molecular weight is 246 g/mol. The lowest BCUT2D eigenvalue weighted by atomic mass is 9.92. The van der Waals surface area contributed by atoms with Crippen molar-refractivity contribution >= 4 is 5.91 Å². The van der Waals surface area contributed by atoms with Gasteiger partial charge in [0.1, 0.15) is 0 Å². The molecule has 1 aromatic rings. The first-order valence-corrected chi connectivity index (χ1v) is 6.72. The van der Waals surface area contributed by atoms with Crippen LogP contribution in [0, 0.1) is 12.8 Å². The standard InChI is InChI=1S/C15H22N2O/c1-11-4-3-5-13(8-11)10-17-15(18)14-6-7-16-12(2)9-14/h3-5,8,12,14,16H,6-7,9-10H2,1-2H3,(H,17,18)/t12-,14-/m0/s1. The van der Waals surface area contributed by atoms with E-state index in [0.717, 1.165) is 19.4 Å². The summed E-state index contributed by atoms with van der Waals surface area (Å²) >= 11 is 0. The molecular formula is C15H22N2O. The number of piperidine rings is 1. The highest BCUT2D eigenvalue weighted by Crippen LogP contribution is 2.16. The lowest BCUT2D eigenvalue weighted by Crippen LogP contribution is -2.42. The van der Waals surface area contributed by atoms with Gasteiger partial charge in [0.05, 0.1) is 0 Å². The van der Waals surface area contributed by atoms with E-state index in [2.05, 4.69) is 42.7 Å². The van der Waals surface area contributed by atoms with Crippen LogP contribution in [-0.2, 0) is 11.3 Å². The molecule has 1 aromatic carbocycles. The Morgan fingerprint density at radius 3 is 3.06 bits per heavy atom. The normalized spacial score (nSPS) is 23.7. The van der Waals surface area contributed by atoms with Gasteiger partial charge in [-0.15, -0.1) is 0 Å². The molecule has 1 fully saturated rings. The minimum atomic E-state index is 0.172. The summed E-state index contributed by atoms with van der Waals surface area (Å²) < 4.78 is 0. The van der Waals surface area contributed by atoms with Crippen LogP contribution in [0.3, 0.4) is 0 Å². The number of amides is 1. The Kier molecular flexibility index (Phi) is 4.37. The summed E-state index contributed by atoms with van der Waals surface area (Å²) in [5.41, 5.74) is 2.41. The molecule has 3 nitrogen and oxygen atoms in total. The summed E-state index contributed by atoms with van der Waals surface area (Å²) in [4.78, 5) is 12.1. The van der Waals surface area contributed by atoms with E-state index >= 15 is 0 Å². The molecule has 0 saturated carbocycles. The molecule has 1 saturated heterocycles. The van der Waals surface area contributed by atoms with E-state index < -0.39 is 0 Å². The highest BCUT2D eigenvalue weighted by molar-refractivity contribution is 5.78. The molecule has 0 radical (unpaired) electrons. The van der Waals surface area contributed by atoms with Gasteiger partial charge in [-0.3, -0.25) is 4.79 Å². The largest absolute Gasteiger partial charge is 0.352 e. The number of benzene rings is 1. The summed E-state index contributed by atoms with van der Waals surface area (Å²) in [6, 6.07) is 8.72. The van der Waals surface area contributed by atoms with Gasteiger partial charge in [-0.25, -0.2) is 0 Å². The Hall–Kier alpha value is -1.35. The van der Waals surface area contributed by atoms with Crippen LogP contribution in [0.2, 0.25) is 0 Å². The van der Waals surface area contributed by atoms with Gasteiger partial charge < -0.3 is 10.6 Å². The lowest BCUT2D eigenvalue weighted by Gasteiger charge is -2.27. The van der Waals surface area contributed by atoms with Crippen LogP contribution in [0.25, 0.3) is 0 Å². The molecule has 0 unspecified atom stereocenters. The van der Waals surface area contributed by atoms with Crippen molar-refractivity contribution < 1.29 is 4.79 Å². The number of carbonyl (C=O) groups is 1. The molecule has 98 valence electrons. The maximum absolute atomic E-state index is 12.1. The number of aryl methyl sites for hydroxylation is 1. The average Bonchev–Trinajstić information content (AvgIpc) is 2.36. The summed E-state index contributed by atoms with van der Waals surface area (Å²) in [6.07, 6.45) is 1.89. The molecule has 0 aliphatic carbocycles.